The quantitative estimate of drug-likeness (QED) is 0.739. The number of aliphatic hydroxyl groups is 2. The lowest BCUT2D eigenvalue weighted by Crippen LogP contribution is -2.37. The zero-order valence-electron chi connectivity index (χ0n) is 14.9. The highest BCUT2D eigenvalue weighted by atomic mass is 16.5. The highest BCUT2D eigenvalue weighted by Gasteiger charge is 2.27. The summed E-state index contributed by atoms with van der Waals surface area (Å²) in [6.45, 7) is 2.58. The minimum atomic E-state index is -0.241. The van der Waals surface area contributed by atoms with Crippen molar-refractivity contribution in [2.45, 2.75) is 39.0 Å². The van der Waals surface area contributed by atoms with E-state index < -0.39 is 0 Å². The molecule has 0 radical (unpaired) electrons. The predicted octanol–water partition coefficient (Wildman–Crippen LogP) is 4.96. The largest absolute Gasteiger partial charge is 0.502 e. The van der Waals surface area contributed by atoms with Gasteiger partial charge in [0.25, 0.3) is 0 Å². The lowest BCUT2D eigenvalue weighted by Gasteiger charge is -2.32. The van der Waals surface area contributed by atoms with Crippen LogP contribution in [-0.2, 0) is 6.61 Å². The Morgan fingerprint density at radius 2 is 1.88 bits per heavy atom. The Bertz CT molecular complexity index is 787. The molecule has 0 amide bonds. The van der Waals surface area contributed by atoms with Crippen LogP contribution < -0.4 is 9.64 Å². The summed E-state index contributed by atoms with van der Waals surface area (Å²) in [6, 6.07) is 17.4. The number of allylic oxidation sites excluding steroid dienone is 1. The maximum absolute atomic E-state index is 10.4. The molecular weight excluding hydrogens is 328 g/mol. The minimum Gasteiger partial charge on any atom is -0.502 e. The van der Waals surface area contributed by atoms with Crippen LogP contribution in [0.1, 0.15) is 31.7 Å². The Morgan fingerprint density at radius 3 is 2.65 bits per heavy atom. The highest BCUT2D eigenvalue weighted by Crippen LogP contribution is 2.30. The van der Waals surface area contributed by atoms with Gasteiger partial charge in [-0.15, -0.1) is 0 Å². The molecule has 136 valence electrons. The topological polar surface area (TPSA) is 65.3 Å². The van der Waals surface area contributed by atoms with Crippen LogP contribution in [0.4, 0.5) is 5.69 Å². The average Bonchev–Trinajstić information content (AvgIpc) is 2.68. The van der Waals surface area contributed by atoms with Crippen molar-refractivity contribution < 1.29 is 14.9 Å². The molecule has 1 atom stereocenters. The molecule has 26 heavy (non-hydrogen) atoms. The normalized spacial score (nSPS) is 16.8. The molecule has 0 bridgehead atoms. The first-order valence-electron chi connectivity index (χ1n) is 8.90. The van der Waals surface area contributed by atoms with Crippen LogP contribution in [0.2, 0.25) is 0 Å². The zero-order chi connectivity index (χ0) is 18.4. The first-order valence-corrected chi connectivity index (χ1v) is 8.90. The van der Waals surface area contributed by atoms with E-state index in [1.165, 1.54) is 6.21 Å². The molecular formula is C21H24N2O3. The van der Waals surface area contributed by atoms with Crippen molar-refractivity contribution in [3.8, 4) is 5.75 Å². The van der Waals surface area contributed by atoms with E-state index in [1.54, 1.807) is 4.90 Å². The molecule has 1 heterocycles. The molecule has 2 N–H and O–H groups in total. The van der Waals surface area contributed by atoms with E-state index in [9.17, 15) is 10.2 Å². The number of unbranched alkanes of at least 4 members (excludes halogenated alkanes) is 1. The van der Waals surface area contributed by atoms with Crippen molar-refractivity contribution in [2.24, 2.45) is 4.99 Å². The Morgan fingerprint density at radius 1 is 1.08 bits per heavy atom. The fourth-order valence-electron chi connectivity index (χ4n) is 2.89. The highest BCUT2D eigenvalue weighted by molar-refractivity contribution is 5.79. The third-order valence-corrected chi connectivity index (χ3v) is 4.28. The van der Waals surface area contributed by atoms with Crippen molar-refractivity contribution in [3.05, 3.63) is 71.8 Å². The minimum absolute atomic E-state index is 0.179. The summed E-state index contributed by atoms with van der Waals surface area (Å²) in [7, 11) is 0. The van der Waals surface area contributed by atoms with Gasteiger partial charge in [-0.3, -0.25) is 9.89 Å². The summed E-state index contributed by atoms with van der Waals surface area (Å²) in [6.07, 6.45) is 3.89. The zero-order valence-corrected chi connectivity index (χ0v) is 14.9. The van der Waals surface area contributed by atoms with Crippen LogP contribution in [-0.4, -0.2) is 22.6 Å². The molecule has 0 aromatic heterocycles. The fourth-order valence-corrected chi connectivity index (χ4v) is 2.89. The second kappa shape index (κ2) is 8.43. The summed E-state index contributed by atoms with van der Waals surface area (Å²) < 4.78 is 5.88. The van der Waals surface area contributed by atoms with Gasteiger partial charge in [0, 0.05) is 11.8 Å². The van der Waals surface area contributed by atoms with Crippen molar-refractivity contribution >= 4 is 11.9 Å². The molecule has 1 unspecified atom stereocenters. The van der Waals surface area contributed by atoms with Gasteiger partial charge in [0.05, 0.1) is 6.21 Å². The monoisotopic (exact) mass is 352 g/mol. The number of rotatable bonds is 7. The van der Waals surface area contributed by atoms with Gasteiger partial charge in [-0.2, -0.15) is 0 Å². The van der Waals surface area contributed by atoms with Crippen LogP contribution in [0.5, 0.6) is 5.75 Å². The van der Waals surface area contributed by atoms with Crippen molar-refractivity contribution in [3.63, 3.8) is 0 Å². The molecule has 3 rings (SSSR count). The third kappa shape index (κ3) is 4.17. The standard InChI is InChI=1S/C21H24N2O3/c1-2-3-12-20-22-14-19(24)21(25)23(20)17-10-7-11-18(13-17)26-15-16-8-5-4-6-9-16/h4-11,13-14,20,24-25H,2-3,12,15H2,1H3. The second-order valence-electron chi connectivity index (χ2n) is 6.25. The number of nitrogens with zero attached hydrogens (tertiary/aromatic N) is 2. The van der Waals surface area contributed by atoms with Crippen LogP contribution in [0.15, 0.2) is 71.2 Å². The van der Waals surface area contributed by atoms with Gasteiger partial charge in [0.15, 0.2) is 5.76 Å². The molecule has 1 aliphatic rings. The maximum Gasteiger partial charge on any atom is 0.238 e. The van der Waals surface area contributed by atoms with Gasteiger partial charge >= 0.3 is 0 Å². The summed E-state index contributed by atoms with van der Waals surface area (Å²) in [4.78, 5) is 6.02. The Kier molecular flexibility index (Phi) is 5.79. The molecule has 0 fully saturated rings. The van der Waals surface area contributed by atoms with Gasteiger partial charge in [-0.1, -0.05) is 49.7 Å². The van der Waals surface area contributed by atoms with Crippen LogP contribution in [0.3, 0.4) is 0 Å². The molecule has 0 saturated heterocycles. The SMILES string of the molecule is CCCCC1N=CC(O)=C(O)N1c1cccc(OCc2ccccc2)c1. The van der Waals surface area contributed by atoms with Crippen molar-refractivity contribution in [2.75, 3.05) is 4.90 Å². The number of ether oxygens (including phenoxy) is 1. The smallest absolute Gasteiger partial charge is 0.238 e. The average molecular weight is 352 g/mol. The van der Waals surface area contributed by atoms with Crippen LogP contribution in [0, 0.1) is 0 Å². The Hall–Kier alpha value is -2.95. The first-order chi connectivity index (χ1) is 12.7. The van der Waals surface area contributed by atoms with Gasteiger partial charge in [-0.25, -0.2) is 0 Å². The number of aliphatic hydroxyl groups excluding tert-OH is 2. The number of aliphatic imine (C=N–C) groups is 1. The molecule has 2 aromatic rings. The van der Waals surface area contributed by atoms with E-state index >= 15 is 0 Å². The summed E-state index contributed by atoms with van der Waals surface area (Å²) in [5, 5.41) is 20.3. The van der Waals surface area contributed by atoms with E-state index in [-0.39, 0.29) is 17.8 Å². The molecule has 0 spiro atoms. The van der Waals surface area contributed by atoms with E-state index in [2.05, 4.69) is 11.9 Å². The summed E-state index contributed by atoms with van der Waals surface area (Å²) in [5.41, 5.74) is 1.82. The summed E-state index contributed by atoms with van der Waals surface area (Å²) in [5.74, 6) is 0.289. The van der Waals surface area contributed by atoms with Gasteiger partial charge < -0.3 is 14.9 Å². The molecule has 2 aromatic carbocycles. The Balaban J connectivity index is 1.79. The molecule has 0 aliphatic carbocycles. The Labute approximate surface area is 153 Å². The lowest BCUT2D eigenvalue weighted by atomic mass is 10.1. The van der Waals surface area contributed by atoms with Gasteiger partial charge in [0.1, 0.15) is 18.5 Å². The van der Waals surface area contributed by atoms with Crippen LogP contribution in [0.25, 0.3) is 0 Å². The fraction of sp³-hybridized carbons (Fsp3) is 0.286. The molecule has 5 heteroatoms. The van der Waals surface area contributed by atoms with E-state index in [0.717, 1.165) is 30.5 Å². The van der Waals surface area contributed by atoms with Gasteiger partial charge in [0.2, 0.25) is 5.88 Å². The van der Waals surface area contributed by atoms with Crippen molar-refractivity contribution in [1.29, 1.82) is 0 Å². The van der Waals surface area contributed by atoms with E-state index in [0.29, 0.717) is 12.4 Å². The number of hydrogen-bond donors (Lipinski definition) is 2. The lowest BCUT2D eigenvalue weighted by molar-refractivity contribution is 0.303. The maximum atomic E-state index is 10.4. The van der Waals surface area contributed by atoms with Crippen LogP contribution >= 0.6 is 0 Å². The van der Waals surface area contributed by atoms with E-state index in [1.807, 2.05) is 54.6 Å². The first kappa shape index (κ1) is 17.9. The third-order valence-electron chi connectivity index (χ3n) is 4.28. The molecule has 0 saturated carbocycles. The number of anilines is 1. The van der Waals surface area contributed by atoms with Gasteiger partial charge in [-0.05, 0) is 30.5 Å². The van der Waals surface area contributed by atoms with Crippen molar-refractivity contribution in [1.82, 2.24) is 0 Å². The summed E-state index contributed by atoms with van der Waals surface area (Å²) >= 11 is 0. The second-order valence-corrected chi connectivity index (χ2v) is 6.25. The van der Waals surface area contributed by atoms with E-state index in [4.69, 9.17) is 4.74 Å². The number of hydrogen-bond acceptors (Lipinski definition) is 5. The number of benzene rings is 2. The molecule has 1 aliphatic heterocycles. The molecule has 5 nitrogen and oxygen atoms in total. The predicted molar refractivity (Wildman–Crippen MR) is 104 cm³/mol.